The Morgan fingerprint density at radius 1 is 1.31 bits per heavy atom. The van der Waals surface area contributed by atoms with Crippen LogP contribution >= 0.6 is 11.6 Å². The zero-order valence-corrected chi connectivity index (χ0v) is 9.04. The minimum atomic E-state index is -0.397. The molecular formula is C10H9ClN4O. The lowest BCUT2D eigenvalue weighted by Crippen LogP contribution is -2.07. The summed E-state index contributed by atoms with van der Waals surface area (Å²) in [6.07, 6.45) is 7.02. The predicted octanol–water partition coefficient (Wildman–Crippen LogP) is 1.34. The highest BCUT2D eigenvalue weighted by molar-refractivity contribution is 6.33. The van der Waals surface area contributed by atoms with E-state index < -0.39 is 6.10 Å². The van der Waals surface area contributed by atoms with Crippen LogP contribution in [-0.2, 0) is 0 Å². The maximum absolute atomic E-state index is 9.46. The van der Waals surface area contributed by atoms with Crippen LogP contribution in [0.5, 0.6) is 0 Å². The van der Waals surface area contributed by atoms with E-state index in [1.807, 2.05) is 10.6 Å². The molecule has 5 nitrogen and oxygen atoms in total. The Balaban J connectivity index is 2.14. The number of rotatable bonds is 1. The first-order valence-corrected chi connectivity index (χ1v) is 5.33. The van der Waals surface area contributed by atoms with E-state index in [0.29, 0.717) is 22.7 Å². The zero-order chi connectivity index (χ0) is 11.1. The van der Waals surface area contributed by atoms with Crippen molar-refractivity contribution < 1.29 is 5.11 Å². The van der Waals surface area contributed by atoms with Gasteiger partial charge in [-0.1, -0.05) is 23.8 Å². The fraction of sp³-hybridized carbons (Fsp3) is 0.300. The third-order valence-corrected chi connectivity index (χ3v) is 2.99. The number of aliphatic hydroxyl groups excluding tert-OH is 1. The molecule has 2 aromatic rings. The van der Waals surface area contributed by atoms with Gasteiger partial charge in [-0.15, -0.1) is 0 Å². The van der Waals surface area contributed by atoms with Crippen LogP contribution in [0.1, 0.15) is 12.5 Å². The van der Waals surface area contributed by atoms with E-state index in [2.05, 4.69) is 15.0 Å². The van der Waals surface area contributed by atoms with Crippen LogP contribution in [0, 0.1) is 0 Å². The van der Waals surface area contributed by atoms with Gasteiger partial charge in [0.1, 0.15) is 11.8 Å². The Bertz CT molecular complexity index is 565. The molecule has 1 aliphatic carbocycles. The van der Waals surface area contributed by atoms with Crippen molar-refractivity contribution in [2.75, 3.05) is 0 Å². The van der Waals surface area contributed by atoms with Gasteiger partial charge in [0.2, 0.25) is 0 Å². The van der Waals surface area contributed by atoms with E-state index in [4.69, 9.17) is 11.6 Å². The lowest BCUT2D eigenvalue weighted by molar-refractivity contribution is 0.211. The summed E-state index contributed by atoms with van der Waals surface area (Å²) in [4.78, 5) is 12.1. The minimum absolute atomic E-state index is 0.0727. The van der Waals surface area contributed by atoms with Crippen molar-refractivity contribution in [2.24, 2.45) is 0 Å². The van der Waals surface area contributed by atoms with Crippen molar-refractivity contribution in [1.82, 2.24) is 19.5 Å². The topological polar surface area (TPSA) is 63.8 Å². The van der Waals surface area contributed by atoms with Gasteiger partial charge >= 0.3 is 0 Å². The van der Waals surface area contributed by atoms with Crippen molar-refractivity contribution in [1.29, 1.82) is 0 Å². The summed E-state index contributed by atoms with van der Waals surface area (Å²) in [6.45, 7) is 0. The lowest BCUT2D eigenvalue weighted by atomic mass is 10.2. The van der Waals surface area contributed by atoms with Gasteiger partial charge in [-0.2, -0.15) is 0 Å². The second kappa shape index (κ2) is 3.54. The highest BCUT2D eigenvalue weighted by Crippen LogP contribution is 2.28. The van der Waals surface area contributed by atoms with E-state index in [9.17, 15) is 5.11 Å². The largest absolute Gasteiger partial charge is 0.389 e. The van der Waals surface area contributed by atoms with Gasteiger partial charge in [0, 0.05) is 6.42 Å². The average Bonchev–Trinajstić information content (AvgIpc) is 2.84. The van der Waals surface area contributed by atoms with E-state index in [1.165, 1.54) is 6.33 Å². The molecule has 0 bridgehead atoms. The summed E-state index contributed by atoms with van der Waals surface area (Å²) in [5.41, 5.74) is 1.29. The number of aliphatic hydroxyl groups is 1. The molecule has 6 heteroatoms. The summed E-state index contributed by atoms with van der Waals surface area (Å²) >= 11 is 6.02. The van der Waals surface area contributed by atoms with Gasteiger partial charge in [0.15, 0.2) is 10.8 Å². The fourth-order valence-electron chi connectivity index (χ4n) is 1.96. The van der Waals surface area contributed by atoms with Crippen LogP contribution in [0.25, 0.3) is 11.2 Å². The highest BCUT2D eigenvalue weighted by Gasteiger charge is 2.21. The lowest BCUT2D eigenvalue weighted by Gasteiger charge is -2.11. The Kier molecular flexibility index (Phi) is 2.15. The molecule has 0 spiro atoms. The van der Waals surface area contributed by atoms with Gasteiger partial charge < -0.3 is 9.67 Å². The standard InChI is InChI=1S/C10H9ClN4O/c11-9-8-10(13-4-12-9)14-5-15(8)6-1-2-7(16)3-6/h1-2,4-7,16H,3H2. The van der Waals surface area contributed by atoms with Crippen LogP contribution < -0.4 is 0 Å². The van der Waals surface area contributed by atoms with Gasteiger partial charge in [-0.3, -0.25) is 0 Å². The molecule has 1 N–H and O–H groups in total. The maximum atomic E-state index is 9.46. The maximum Gasteiger partial charge on any atom is 0.182 e. The number of hydrogen-bond donors (Lipinski definition) is 1. The van der Waals surface area contributed by atoms with Crippen molar-refractivity contribution in [3.05, 3.63) is 30.0 Å². The SMILES string of the molecule is OC1C=CC(n2cnc3ncnc(Cl)c32)C1. The monoisotopic (exact) mass is 236 g/mol. The molecule has 0 radical (unpaired) electrons. The second-order valence-corrected chi connectivity index (χ2v) is 4.10. The molecule has 0 fully saturated rings. The molecule has 0 saturated carbocycles. The number of halogens is 1. The number of aromatic nitrogens is 4. The van der Waals surface area contributed by atoms with Gasteiger partial charge in [0.25, 0.3) is 0 Å². The van der Waals surface area contributed by atoms with E-state index in [0.717, 1.165) is 0 Å². The summed E-state index contributed by atoms with van der Waals surface area (Å²) in [5, 5.41) is 9.84. The molecule has 0 saturated heterocycles. The molecule has 2 heterocycles. The van der Waals surface area contributed by atoms with Crippen LogP contribution in [0.2, 0.25) is 5.15 Å². The molecule has 2 atom stereocenters. The average molecular weight is 237 g/mol. The molecule has 0 aromatic carbocycles. The summed E-state index contributed by atoms with van der Waals surface area (Å²) in [5.74, 6) is 0. The number of imidazole rings is 1. The first kappa shape index (κ1) is 9.74. The normalized spacial score (nSPS) is 24.4. The Morgan fingerprint density at radius 2 is 2.19 bits per heavy atom. The summed E-state index contributed by atoms with van der Waals surface area (Å²) < 4.78 is 1.89. The molecule has 1 aliphatic rings. The van der Waals surface area contributed by atoms with Crippen molar-refractivity contribution in [2.45, 2.75) is 18.6 Å². The molecule has 0 aliphatic heterocycles. The third-order valence-electron chi connectivity index (χ3n) is 2.72. The van der Waals surface area contributed by atoms with Crippen LogP contribution in [-0.4, -0.2) is 30.7 Å². The Morgan fingerprint density at radius 3 is 2.94 bits per heavy atom. The first-order chi connectivity index (χ1) is 7.75. The van der Waals surface area contributed by atoms with E-state index in [-0.39, 0.29) is 6.04 Å². The van der Waals surface area contributed by atoms with E-state index in [1.54, 1.807) is 12.4 Å². The summed E-state index contributed by atoms with van der Waals surface area (Å²) in [7, 11) is 0. The van der Waals surface area contributed by atoms with Crippen LogP contribution in [0.3, 0.4) is 0 Å². The summed E-state index contributed by atoms with van der Waals surface area (Å²) in [6, 6.07) is 0.0727. The van der Waals surface area contributed by atoms with Crippen molar-refractivity contribution in [3.63, 3.8) is 0 Å². The molecule has 0 amide bonds. The van der Waals surface area contributed by atoms with E-state index >= 15 is 0 Å². The second-order valence-electron chi connectivity index (χ2n) is 3.74. The molecule has 3 rings (SSSR count). The number of nitrogens with zero attached hydrogens (tertiary/aromatic N) is 4. The predicted molar refractivity (Wildman–Crippen MR) is 59.1 cm³/mol. The zero-order valence-electron chi connectivity index (χ0n) is 8.29. The molecule has 2 aromatic heterocycles. The number of hydrogen-bond acceptors (Lipinski definition) is 4. The molecular weight excluding hydrogens is 228 g/mol. The van der Waals surface area contributed by atoms with Gasteiger partial charge in [0.05, 0.1) is 18.5 Å². The quantitative estimate of drug-likeness (QED) is 0.600. The van der Waals surface area contributed by atoms with Gasteiger partial charge in [-0.05, 0) is 0 Å². The fourth-order valence-corrected chi connectivity index (χ4v) is 2.18. The Labute approximate surface area is 96.4 Å². The van der Waals surface area contributed by atoms with Crippen molar-refractivity contribution in [3.8, 4) is 0 Å². The number of allylic oxidation sites excluding steroid dienone is 1. The van der Waals surface area contributed by atoms with Crippen LogP contribution in [0.15, 0.2) is 24.8 Å². The molecule has 16 heavy (non-hydrogen) atoms. The third kappa shape index (κ3) is 1.40. The smallest absolute Gasteiger partial charge is 0.182 e. The molecule has 2 unspecified atom stereocenters. The Hall–Kier alpha value is -1.46. The minimum Gasteiger partial charge on any atom is -0.389 e. The van der Waals surface area contributed by atoms with Gasteiger partial charge in [-0.25, -0.2) is 15.0 Å². The first-order valence-electron chi connectivity index (χ1n) is 4.95. The van der Waals surface area contributed by atoms with Crippen LogP contribution in [0.4, 0.5) is 0 Å². The highest BCUT2D eigenvalue weighted by atomic mass is 35.5. The van der Waals surface area contributed by atoms with Crippen molar-refractivity contribution >= 4 is 22.8 Å². The number of fused-ring (bicyclic) bond motifs is 1. The molecule has 82 valence electrons.